The van der Waals surface area contributed by atoms with Crippen LogP contribution in [0, 0.1) is 0 Å². The molecule has 0 radical (unpaired) electrons. The molecule has 2 aliphatic carbocycles. The fraction of sp³-hybridized carbons (Fsp3) is 0.158. The second kappa shape index (κ2) is 4.24. The van der Waals surface area contributed by atoms with E-state index >= 15 is 0 Å². The van der Waals surface area contributed by atoms with Gasteiger partial charge in [0.15, 0.2) is 0 Å². The summed E-state index contributed by atoms with van der Waals surface area (Å²) in [6.07, 6.45) is 10.0. The van der Waals surface area contributed by atoms with Crippen LogP contribution < -0.4 is 0 Å². The summed E-state index contributed by atoms with van der Waals surface area (Å²) in [5.74, 6) is 0. The molecular weight excluding hydrogens is 228 g/mol. The summed E-state index contributed by atoms with van der Waals surface area (Å²) >= 11 is 0. The summed E-state index contributed by atoms with van der Waals surface area (Å²) in [6.45, 7) is 0. The van der Waals surface area contributed by atoms with Crippen molar-refractivity contribution in [2.24, 2.45) is 0 Å². The van der Waals surface area contributed by atoms with E-state index in [0.29, 0.717) is 0 Å². The summed E-state index contributed by atoms with van der Waals surface area (Å²) < 4.78 is 0. The molecule has 0 bridgehead atoms. The third-order valence-corrected chi connectivity index (χ3v) is 4.21. The Hall–Kier alpha value is -2.08. The van der Waals surface area contributed by atoms with Gasteiger partial charge in [0.25, 0.3) is 0 Å². The zero-order valence-corrected chi connectivity index (χ0v) is 10.9. The van der Waals surface area contributed by atoms with E-state index in [4.69, 9.17) is 0 Å². The average molecular weight is 244 g/mol. The van der Waals surface area contributed by atoms with Gasteiger partial charge < -0.3 is 0 Å². The lowest BCUT2D eigenvalue weighted by Gasteiger charge is -2.09. The van der Waals surface area contributed by atoms with Crippen LogP contribution in [-0.2, 0) is 12.8 Å². The topological polar surface area (TPSA) is 0 Å². The van der Waals surface area contributed by atoms with Gasteiger partial charge in [0, 0.05) is 0 Å². The molecule has 0 aromatic heterocycles. The van der Waals surface area contributed by atoms with E-state index in [1.54, 1.807) is 0 Å². The normalized spacial score (nSPS) is 15.3. The predicted molar refractivity (Wildman–Crippen MR) is 80.2 cm³/mol. The zero-order valence-electron chi connectivity index (χ0n) is 10.9. The van der Waals surface area contributed by atoms with Gasteiger partial charge in [-0.15, -0.1) is 0 Å². The van der Waals surface area contributed by atoms with Crippen LogP contribution in [0.1, 0.15) is 23.1 Å². The smallest absolute Gasteiger partial charge is 0.00106 e. The van der Waals surface area contributed by atoms with E-state index < -0.39 is 0 Å². The minimum absolute atomic E-state index is 1.10. The van der Waals surface area contributed by atoms with Crippen LogP contribution in [0.25, 0.3) is 11.1 Å². The Balaban J connectivity index is 1.76. The lowest BCUT2D eigenvalue weighted by atomic mass is 9.96. The molecule has 0 heteroatoms. The largest absolute Gasteiger partial charge is 0.0804 e. The lowest BCUT2D eigenvalue weighted by Crippen LogP contribution is -1.94. The Labute approximate surface area is 114 Å². The first-order chi connectivity index (χ1) is 9.42. The van der Waals surface area contributed by atoms with Gasteiger partial charge in [-0.1, -0.05) is 66.3 Å². The monoisotopic (exact) mass is 244 g/mol. The first kappa shape index (κ1) is 10.8. The number of allylic oxidation sites excluding steroid dienone is 4. The second-order valence-corrected chi connectivity index (χ2v) is 5.41. The molecule has 0 aliphatic heterocycles. The van der Waals surface area contributed by atoms with Crippen LogP contribution in [0.5, 0.6) is 0 Å². The van der Waals surface area contributed by atoms with Crippen LogP contribution in [0.3, 0.4) is 0 Å². The van der Waals surface area contributed by atoms with Crippen LogP contribution in [0.15, 0.2) is 66.3 Å². The number of hydrogen-bond acceptors (Lipinski definition) is 0. The molecule has 0 nitrogen and oxygen atoms in total. The van der Waals surface area contributed by atoms with Gasteiger partial charge in [-0.25, -0.2) is 0 Å². The van der Waals surface area contributed by atoms with Gasteiger partial charge in [0.2, 0.25) is 0 Å². The van der Waals surface area contributed by atoms with Gasteiger partial charge in [-0.2, -0.15) is 0 Å². The Morgan fingerprint density at radius 2 is 1.79 bits per heavy atom. The average Bonchev–Trinajstić information content (AvgIpc) is 3.06. The quantitative estimate of drug-likeness (QED) is 0.613. The van der Waals surface area contributed by atoms with Crippen LogP contribution in [-0.4, -0.2) is 0 Å². The van der Waals surface area contributed by atoms with E-state index in [1.165, 1.54) is 33.4 Å². The van der Waals surface area contributed by atoms with Gasteiger partial charge in [0.1, 0.15) is 0 Å². The van der Waals surface area contributed by atoms with Crippen molar-refractivity contribution in [1.29, 1.82) is 0 Å². The molecule has 0 fully saturated rings. The Kier molecular flexibility index (Phi) is 2.41. The first-order valence-corrected chi connectivity index (χ1v) is 6.95. The number of rotatable bonds is 2. The highest BCUT2D eigenvalue weighted by molar-refractivity contribution is 5.78. The second-order valence-electron chi connectivity index (χ2n) is 5.41. The third kappa shape index (κ3) is 1.76. The fourth-order valence-electron chi connectivity index (χ4n) is 3.26. The number of fused-ring (bicyclic) bond motifs is 3. The maximum atomic E-state index is 2.30. The van der Waals surface area contributed by atoms with Crippen LogP contribution in [0.4, 0.5) is 0 Å². The van der Waals surface area contributed by atoms with Gasteiger partial charge in [-0.3, -0.25) is 0 Å². The van der Waals surface area contributed by atoms with Crippen molar-refractivity contribution < 1.29 is 0 Å². The first-order valence-electron chi connectivity index (χ1n) is 6.95. The minimum atomic E-state index is 1.10. The molecule has 92 valence electrons. The van der Waals surface area contributed by atoms with Gasteiger partial charge in [-0.05, 0) is 47.1 Å². The van der Waals surface area contributed by atoms with Gasteiger partial charge in [0.05, 0.1) is 0 Å². The minimum Gasteiger partial charge on any atom is -0.0804 e. The standard InChI is InChI=1S/C19H16/c1-2-7-14(6-1)12-15-9-5-11-18-17-10-4-3-8-16(17)13-19(15)18/h1-6,8-11H,7,12-13H2. The van der Waals surface area contributed by atoms with Gasteiger partial charge >= 0.3 is 0 Å². The molecule has 4 rings (SSSR count). The van der Waals surface area contributed by atoms with Crippen molar-refractivity contribution in [1.82, 2.24) is 0 Å². The van der Waals surface area contributed by atoms with Crippen LogP contribution in [0.2, 0.25) is 0 Å². The molecule has 0 N–H and O–H groups in total. The predicted octanol–water partition coefficient (Wildman–Crippen LogP) is 4.69. The molecule has 2 aromatic carbocycles. The van der Waals surface area contributed by atoms with E-state index in [2.05, 4.69) is 60.7 Å². The summed E-state index contributed by atoms with van der Waals surface area (Å²) in [5, 5.41) is 0. The molecule has 0 unspecified atom stereocenters. The lowest BCUT2D eigenvalue weighted by molar-refractivity contribution is 1.06. The third-order valence-electron chi connectivity index (χ3n) is 4.21. The summed E-state index contributed by atoms with van der Waals surface area (Å²) in [7, 11) is 0. The SMILES string of the molecule is C1=CCC(Cc2cccc3c2Cc2ccccc2-3)=C1. The maximum absolute atomic E-state index is 2.30. The summed E-state index contributed by atoms with van der Waals surface area (Å²) in [5.41, 5.74) is 8.92. The zero-order chi connectivity index (χ0) is 12.7. The van der Waals surface area contributed by atoms with Crippen molar-refractivity contribution in [3.8, 4) is 11.1 Å². The molecule has 19 heavy (non-hydrogen) atoms. The van der Waals surface area contributed by atoms with Crippen molar-refractivity contribution >= 4 is 0 Å². The highest BCUT2D eigenvalue weighted by atomic mass is 14.2. The molecule has 0 saturated heterocycles. The van der Waals surface area contributed by atoms with E-state index in [-0.39, 0.29) is 0 Å². The molecule has 0 amide bonds. The van der Waals surface area contributed by atoms with Crippen molar-refractivity contribution in [2.75, 3.05) is 0 Å². The van der Waals surface area contributed by atoms with E-state index in [9.17, 15) is 0 Å². The number of hydrogen-bond donors (Lipinski definition) is 0. The Morgan fingerprint density at radius 3 is 2.68 bits per heavy atom. The molecular formula is C19H16. The van der Waals surface area contributed by atoms with Crippen molar-refractivity contribution in [3.63, 3.8) is 0 Å². The molecule has 0 saturated carbocycles. The molecule has 2 aromatic rings. The highest BCUT2D eigenvalue weighted by Crippen LogP contribution is 2.38. The molecule has 2 aliphatic rings. The van der Waals surface area contributed by atoms with E-state index in [0.717, 1.165) is 19.3 Å². The van der Waals surface area contributed by atoms with Crippen molar-refractivity contribution in [2.45, 2.75) is 19.3 Å². The Bertz CT molecular complexity index is 702. The fourth-order valence-corrected chi connectivity index (χ4v) is 3.26. The highest BCUT2D eigenvalue weighted by Gasteiger charge is 2.20. The Morgan fingerprint density at radius 1 is 0.895 bits per heavy atom. The molecule has 0 heterocycles. The summed E-state index contributed by atoms with van der Waals surface area (Å²) in [4.78, 5) is 0. The molecule has 0 spiro atoms. The molecule has 0 atom stereocenters. The van der Waals surface area contributed by atoms with Crippen molar-refractivity contribution in [3.05, 3.63) is 83.0 Å². The van der Waals surface area contributed by atoms with E-state index in [1.807, 2.05) is 0 Å². The summed E-state index contributed by atoms with van der Waals surface area (Å²) in [6, 6.07) is 15.6. The van der Waals surface area contributed by atoms with Crippen LogP contribution >= 0.6 is 0 Å². The number of benzene rings is 2. The maximum Gasteiger partial charge on any atom is -0.00106 e.